The fourth-order valence-electron chi connectivity index (χ4n) is 3.63. The van der Waals surface area contributed by atoms with Crippen LogP contribution < -0.4 is 10.8 Å². The number of fused-ring (bicyclic) bond motifs is 1. The Morgan fingerprint density at radius 2 is 1.98 bits per heavy atom. The van der Waals surface area contributed by atoms with Crippen LogP contribution in [0.15, 0.2) is 6.33 Å². The van der Waals surface area contributed by atoms with E-state index in [9.17, 15) is 19.3 Å². The zero-order chi connectivity index (χ0) is 30.5. The molecule has 226 valence electrons. The molecule has 0 aliphatic carbocycles. The summed E-state index contributed by atoms with van der Waals surface area (Å²) in [5.41, 5.74) is 4.50. The largest absolute Gasteiger partial charge is 0.510 e. The summed E-state index contributed by atoms with van der Waals surface area (Å²) in [6, 6.07) is -1.19. The number of esters is 1. The van der Waals surface area contributed by atoms with Gasteiger partial charge in [-0.1, -0.05) is 5.92 Å². The van der Waals surface area contributed by atoms with Crippen molar-refractivity contribution >= 4 is 48.5 Å². The van der Waals surface area contributed by atoms with Crippen molar-refractivity contribution in [2.45, 2.75) is 77.2 Å². The van der Waals surface area contributed by atoms with Crippen molar-refractivity contribution in [1.29, 1.82) is 0 Å². The van der Waals surface area contributed by atoms with Crippen LogP contribution in [0.5, 0.6) is 0 Å². The van der Waals surface area contributed by atoms with Crippen molar-refractivity contribution in [2.75, 3.05) is 19.1 Å². The van der Waals surface area contributed by atoms with Gasteiger partial charge in [0.1, 0.15) is 30.5 Å². The topological polar surface area (TPSA) is 208 Å². The molecule has 0 bridgehead atoms. The third kappa shape index (κ3) is 8.04. The number of aliphatic hydroxyl groups is 1. The minimum atomic E-state index is -4.47. The highest BCUT2D eigenvalue weighted by atomic mass is 35.5. The number of anilines is 1. The maximum absolute atomic E-state index is 13.6. The first kappa shape index (κ1) is 32.5. The van der Waals surface area contributed by atoms with Crippen LogP contribution >= 0.6 is 19.3 Å². The minimum Gasteiger partial charge on any atom is -0.462 e. The van der Waals surface area contributed by atoms with Crippen molar-refractivity contribution in [3.63, 3.8) is 0 Å². The van der Waals surface area contributed by atoms with E-state index in [0.29, 0.717) is 0 Å². The van der Waals surface area contributed by atoms with Gasteiger partial charge in [-0.05, 0) is 46.2 Å². The van der Waals surface area contributed by atoms with Gasteiger partial charge in [0.25, 0.3) is 0 Å². The number of aromatic nitrogens is 4. The summed E-state index contributed by atoms with van der Waals surface area (Å²) in [4.78, 5) is 36.2. The first-order chi connectivity index (χ1) is 19.2. The molecule has 4 N–H and O–H groups in total. The molecule has 3 rings (SSSR count). The molecule has 1 aliphatic heterocycles. The monoisotopic (exact) mass is 618 g/mol. The van der Waals surface area contributed by atoms with E-state index in [-0.39, 0.29) is 28.7 Å². The van der Waals surface area contributed by atoms with E-state index in [1.807, 2.05) is 0 Å². The molecule has 2 aromatic heterocycles. The highest BCUT2D eigenvalue weighted by Crippen LogP contribution is 2.47. The molecule has 0 radical (unpaired) electrons. The maximum Gasteiger partial charge on any atom is 0.510 e. The molecule has 0 amide bonds. The molecule has 18 heteroatoms. The fraction of sp³-hybridized carbons (Fsp3) is 0.609. The van der Waals surface area contributed by atoms with Gasteiger partial charge in [0.15, 0.2) is 17.1 Å². The quantitative estimate of drug-likeness (QED) is 0.102. The highest BCUT2D eigenvalue weighted by Gasteiger charge is 2.50. The SMILES string of the molecule is C#C[C@]1(COP(=O)(N[C@@H](C)C(=O)OC(C)C)OCOC(=O)OC(C)C)O[C@@H](n2cnc3c(N)nc(Cl)nc32)C[C@@H]1O. The lowest BCUT2D eigenvalue weighted by molar-refractivity contribution is -0.149. The van der Waals surface area contributed by atoms with Crippen molar-refractivity contribution in [1.82, 2.24) is 24.6 Å². The van der Waals surface area contributed by atoms with Crippen molar-refractivity contribution < 1.29 is 47.3 Å². The Kier molecular flexibility index (Phi) is 10.5. The summed E-state index contributed by atoms with van der Waals surface area (Å²) >= 11 is 5.94. The number of hydrogen-bond acceptors (Lipinski definition) is 14. The number of nitrogens with two attached hydrogens (primary N) is 1. The lowest BCUT2D eigenvalue weighted by Crippen LogP contribution is -2.43. The summed E-state index contributed by atoms with van der Waals surface area (Å²) in [6.07, 6.45) is 2.77. The van der Waals surface area contributed by atoms with Crippen molar-refractivity contribution in [2.24, 2.45) is 0 Å². The van der Waals surface area contributed by atoms with Crippen LogP contribution in [0, 0.1) is 12.3 Å². The number of nitrogen functional groups attached to an aromatic ring is 1. The summed E-state index contributed by atoms with van der Waals surface area (Å²) in [5, 5.41) is 13.2. The predicted molar refractivity (Wildman–Crippen MR) is 143 cm³/mol. The number of aliphatic hydroxyl groups excluding tert-OH is 1. The van der Waals surface area contributed by atoms with E-state index in [2.05, 4.69) is 26.0 Å². The van der Waals surface area contributed by atoms with Crippen molar-refractivity contribution in [3.8, 4) is 12.3 Å². The molecule has 3 heterocycles. The molecular formula is C23H32ClN6O10P. The van der Waals surface area contributed by atoms with Gasteiger partial charge in [-0.3, -0.25) is 18.4 Å². The summed E-state index contributed by atoms with van der Waals surface area (Å²) in [6.45, 7) is 6.27. The van der Waals surface area contributed by atoms with Crippen molar-refractivity contribution in [3.05, 3.63) is 11.6 Å². The second-order valence-electron chi connectivity index (χ2n) is 9.47. The lowest BCUT2D eigenvalue weighted by Gasteiger charge is -2.29. The van der Waals surface area contributed by atoms with E-state index in [0.717, 1.165) is 0 Å². The third-order valence-electron chi connectivity index (χ3n) is 5.52. The zero-order valence-electron chi connectivity index (χ0n) is 23.0. The molecule has 1 aliphatic rings. The molecule has 5 atom stereocenters. The summed E-state index contributed by atoms with van der Waals surface area (Å²) in [7, 11) is -4.47. The first-order valence-electron chi connectivity index (χ1n) is 12.4. The van der Waals surface area contributed by atoms with Gasteiger partial charge >= 0.3 is 19.9 Å². The van der Waals surface area contributed by atoms with Gasteiger partial charge in [-0.2, -0.15) is 9.97 Å². The second kappa shape index (κ2) is 13.3. The van der Waals surface area contributed by atoms with Crippen LogP contribution in [0.2, 0.25) is 5.28 Å². The Bertz CT molecular complexity index is 1350. The number of nitrogens with one attached hydrogen (secondary N) is 1. The van der Waals surface area contributed by atoms with Gasteiger partial charge in [-0.15, -0.1) is 6.42 Å². The second-order valence-corrected chi connectivity index (χ2v) is 11.6. The van der Waals surface area contributed by atoms with E-state index in [4.69, 9.17) is 51.8 Å². The third-order valence-corrected chi connectivity index (χ3v) is 7.31. The molecule has 2 aromatic rings. The predicted octanol–water partition coefficient (Wildman–Crippen LogP) is 2.30. The number of carbonyl (C=O) groups is 2. The minimum absolute atomic E-state index is 0.0395. The molecule has 0 spiro atoms. The van der Waals surface area contributed by atoms with Crippen LogP contribution in [-0.2, 0) is 37.4 Å². The van der Waals surface area contributed by atoms with E-state index >= 15 is 0 Å². The number of nitrogens with zero attached hydrogens (tertiary/aromatic N) is 4. The molecule has 0 aromatic carbocycles. The van der Waals surface area contributed by atoms with E-state index in [1.54, 1.807) is 27.7 Å². The molecular weight excluding hydrogens is 587 g/mol. The van der Waals surface area contributed by atoms with Gasteiger partial charge in [0.05, 0.1) is 18.5 Å². The summed E-state index contributed by atoms with van der Waals surface area (Å²) in [5.74, 6) is 1.62. The van der Waals surface area contributed by atoms with Crippen LogP contribution in [0.4, 0.5) is 10.6 Å². The number of carbonyl (C=O) groups excluding carboxylic acids is 2. The molecule has 0 saturated carbocycles. The molecule has 1 unspecified atom stereocenters. The number of imidazole rings is 1. The Morgan fingerprint density at radius 1 is 1.29 bits per heavy atom. The Morgan fingerprint density at radius 3 is 2.61 bits per heavy atom. The lowest BCUT2D eigenvalue weighted by atomic mass is 9.99. The highest BCUT2D eigenvalue weighted by molar-refractivity contribution is 7.51. The number of ether oxygens (including phenoxy) is 4. The van der Waals surface area contributed by atoms with Gasteiger partial charge in [-0.25, -0.2) is 19.4 Å². The Hall–Kier alpha value is -3.03. The van der Waals surface area contributed by atoms with Crippen LogP contribution in [-0.4, -0.2) is 80.1 Å². The van der Waals surface area contributed by atoms with Gasteiger partial charge in [0, 0.05) is 6.42 Å². The van der Waals surface area contributed by atoms with E-state index < -0.39 is 69.5 Å². The molecule has 41 heavy (non-hydrogen) atoms. The average molecular weight is 619 g/mol. The average Bonchev–Trinajstić information content (AvgIpc) is 3.43. The number of hydrogen-bond donors (Lipinski definition) is 3. The normalized spacial score (nSPS) is 22.8. The standard InChI is InChI=1S/C23H32ClN6O10P/c1-7-23(15(31)8-16(40-23)30-10-26-17-18(25)27-21(24)28-19(17)30)9-36-41(34,29-14(6)20(32)38-12(2)3)37-11-35-22(33)39-13(4)5/h1,10,12-16,31H,8-9,11H2,2-6H3,(H,29,34)(H2,25,27,28)/t14-,15-,16+,23+,41?/m0/s1. The molecule has 1 fully saturated rings. The number of rotatable bonds is 12. The summed E-state index contributed by atoms with van der Waals surface area (Å²) < 4.78 is 46.5. The first-order valence-corrected chi connectivity index (χ1v) is 14.3. The zero-order valence-corrected chi connectivity index (χ0v) is 24.6. The van der Waals surface area contributed by atoms with Gasteiger partial charge in [0.2, 0.25) is 12.1 Å². The fourth-order valence-corrected chi connectivity index (χ4v) is 5.16. The maximum atomic E-state index is 13.6. The van der Waals surface area contributed by atoms with Crippen LogP contribution in [0.25, 0.3) is 11.2 Å². The number of terminal acetylenes is 1. The van der Waals surface area contributed by atoms with Gasteiger partial charge < -0.3 is 29.8 Å². The molecule has 16 nitrogen and oxygen atoms in total. The number of halogens is 1. The van der Waals surface area contributed by atoms with Crippen LogP contribution in [0.3, 0.4) is 0 Å². The Labute approximate surface area is 240 Å². The Balaban J connectivity index is 1.79. The van der Waals surface area contributed by atoms with E-state index in [1.165, 1.54) is 17.8 Å². The molecule has 1 saturated heterocycles. The van der Waals surface area contributed by atoms with Crippen LogP contribution in [0.1, 0.15) is 47.3 Å². The smallest absolute Gasteiger partial charge is 0.462 e.